The standard InChI is InChI=1S/C14H9BrFN3O2/c15-14-9(3-1-6-13(14)19(20)21)8-18-12-5-2-4-11(16)10(12)7-17/h1-6,18H,8H2. The van der Waals surface area contributed by atoms with Crippen molar-refractivity contribution < 1.29 is 9.31 Å². The Morgan fingerprint density at radius 1 is 1.33 bits per heavy atom. The lowest BCUT2D eigenvalue weighted by Gasteiger charge is -2.10. The second kappa shape index (κ2) is 6.33. The number of anilines is 1. The van der Waals surface area contributed by atoms with Gasteiger partial charge in [-0.25, -0.2) is 4.39 Å². The molecule has 5 nitrogen and oxygen atoms in total. The van der Waals surface area contributed by atoms with Gasteiger partial charge in [0.1, 0.15) is 21.9 Å². The molecule has 2 aromatic carbocycles. The number of nitrogens with one attached hydrogen (secondary N) is 1. The minimum absolute atomic E-state index is 0.0472. The summed E-state index contributed by atoms with van der Waals surface area (Å²) in [6.07, 6.45) is 0. The van der Waals surface area contributed by atoms with E-state index in [4.69, 9.17) is 5.26 Å². The van der Waals surface area contributed by atoms with Gasteiger partial charge in [-0.15, -0.1) is 0 Å². The highest BCUT2D eigenvalue weighted by atomic mass is 79.9. The molecule has 2 aromatic rings. The average molecular weight is 350 g/mol. The van der Waals surface area contributed by atoms with E-state index in [1.165, 1.54) is 18.2 Å². The van der Waals surface area contributed by atoms with Crippen LogP contribution in [0.3, 0.4) is 0 Å². The third-order valence-corrected chi connectivity index (χ3v) is 3.77. The van der Waals surface area contributed by atoms with Gasteiger partial charge in [-0.1, -0.05) is 18.2 Å². The monoisotopic (exact) mass is 349 g/mol. The van der Waals surface area contributed by atoms with Gasteiger partial charge < -0.3 is 5.32 Å². The number of nitro groups is 1. The van der Waals surface area contributed by atoms with Crippen molar-refractivity contribution in [3.8, 4) is 6.07 Å². The van der Waals surface area contributed by atoms with Crippen molar-refractivity contribution in [3.63, 3.8) is 0 Å². The molecular weight excluding hydrogens is 341 g/mol. The molecule has 0 radical (unpaired) electrons. The molecule has 0 fully saturated rings. The van der Waals surface area contributed by atoms with Crippen molar-refractivity contribution >= 4 is 27.3 Å². The highest BCUT2D eigenvalue weighted by molar-refractivity contribution is 9.10. The highest BCUT2D eigenvalue weighted by Crippen LogP contribution is 2.29. The van der Waals surface area contributed by atoms with E-state index in [1.807, 2.05) is 0 Å². The fourth-order valence-corrected chi connectivity index (χ4v) is 2.37. The first-order valence-corrected chi connectivity index (χ1v) is 6.68. The van der Waals surface area contributed by atoms with E-state index in [9.17, 15) is 14.5 Å². The van der Waals surface area contributed by atoms with Gasteiger partial charge >= 0.3 is 0 Å². The smallest absolute Gasteiger partial charge is 0.283 e. The molecule has 0 heterocycles. The summed E-state index contributed by atoms with van der Waals surface area (Å²) < 4.78 is 13.8. The van der Waals surface area contributed by atoms with E-state index in [2.05, 4.69) is 21.2 Å². The van der Waals surface area contributed by atoms with Crippen LogP contribution < -0.4 is 5.32 Å². The molecule has 0 aliphatic heterocycles. The van der Waals surface area contributed by atoms with E-state index in [-0.39, 0.29) is 17.8 Å². The molecule has 0 aromatic heterocycles. The van der Waals surface area contributed by atoms with Gasteiger partial charge in [-0.2, -0.15) is 5.26 Å². The second-order valence-electron chi connectivity index (χ2n) is 4.14. The van der Waals surface area contributed by atoms with Gasteiger partial charge in [0, 0.05) is 12.6 Å². The summed E-state index contributed by atoms with van der Waals surface area (Å²) in [7, 11) is 0. The van der Waals surface area contributed by atoms with Crippen LogP contribution in [0.15, 0.2) is 40.9 Å². The predicted octanol–water partition coefficient (Wildman–Crippen LogP) is 3.98. The normalized spacial score (nSPS) is 9.95. The van der Waals surface area contributed by atoms with E-state index in [1.54, 1.807) is 24.3 Å². The maximum Gasteiger partial charge on any atom is 0.283 e. The predicted molar refractivity (Wildman–Crippen MR) is 79.2 cm³/mol. The molecule has 106 valence electrons. The van der Waals surface area contributed by atoms with Crippen LogP contribution in [0.5, 0.6) is 0 Å². The third kappa shape index (κ3) is 3.17. The van der Waals surface area contributed by atoms with Gasteiger partial charge in [0.05, 0.1) is 10.6 Å². The Morgan fingerprint density at radius 3 is 2.71 bits per heavy atom. The molecule has 0 saturated carbocycles. The first-order valence-electron chi connectivity index (χ1n) is 5.89. The van der Waals surface area contributed by atoms with Crippen molar-refractivity contribution in [3.05, 3.63) is 67.9 Å². The SMILES string of the molecule is N#Cc1c(F)cccc1NCc1cccc([N+](=O)[O-])c1Br. The topological polar surface area (TPSA) is 79.0 Å². The first-order chi connectivity index (χ1) is 10.0. The van der Waals surface area contributed by atoms with Gasteiger partial charge in [-0.05, 0) is 33.6 Å². The average Bonchev–Trinajstić information content (AvgIpc) is 2.46. The first kappa shape index (κ1) is 14.9. The highest BCUT2D eigenvalue weighted by Gasteiger charge is 2.15. The van der Waals surface area contributed by atoms with Crippen molar-refractivity contribution in [2.75, 3.05) is 5.32 Å². The molecule has 0 spiro atoms. The number of benzene rings is 2. The van der Waals surface area contributed by atoms with E-state index >= 15 is 0 Å². The summed E-state index contributed by atoms with van der Waals surface area (Å²) in [6.45, 7) is 0.223. The number of nitriles is 1. The maximum atomic E-state index is 13.5. The summed E-state index contributed by atoms with van der Waals surface area (Å²) in [5, 5.41) is 22.7. The van der Waals surface area contributed by atoms with Crippen LogP contribution in [0.25, 0.3) is 0 Å². The lowest BCUT2D eigenvalue weighted by Crippen LogP contribution is -2.04. The molecule has 0 bridgehead atoms. The molecule has 1 N–H and O–H groups in total. The summed E-state index contributed by atoms with van der Waals surface area (Å²) in [5.74, 6) is -0.611. The van der Waals surface area contributed by atoms with Crippen LogP contribution in [-0.2, 0) is 6.54 Å². The number of nitrogens with zero attached hydrogens (tertiary/aromatic N) is 2. The summed E-state index contributed by atoms with van der Waals surface area (Å²) >= 11 is 3.18. The molecule has 0 unspecified atom stereocenters. The van der Waals surface area contributed by atoms with Gasteiger partial charge in [0.25, 0.3) is 5.69 Å². The Kier molecular flexibility index (Phi) is 4.50. The van der Waals surface area contributed by atoms with Crippen LogP contribution in [-0.4, -0.2) is 4.92 Å². The Bertz CT molecular complexity index is 743. The fourth-order valence-electron chi connectivity index (χ4n) is 1.82. The minimum atomic E-state index is -0.611. The lowest BCUT2D eigenvalue weighted by atomic mass is 10.1. The maximum absolute atomic E-state index is 13.5. The van der Waals surface area contributed by atoms with Crippen LogP contribution in [0, 0.1) is 27.3 Å². The van der Waals surface area contributed by atoms with Crippen molar-refractivity contribution in [2.45, 2.75) is 6.54 Å². The molecule has 7 heteroatoms. The molecule has 0 aliphatic rings. The molecule has 0 atom stereocenters. The van der Waals surface area contributed by atoms with Gasteiger partial charge in [-0.3, -0.25) is 10.1 Å². The molecule has 0 saturated heterocycles. The Hall–Kier alpha value is -2.46. The number of nitro benzene ring substituents is 1. The number of rotatable bonds is 4. The van der Waals surface area contributed by atoms with E-state index < -0.39 is 10.7 Å². The minimum Gasteiger partial charge on any atom is -0.380 e. The van der Waals surface area contributed by atoms with Crippen molar-refractivity contribution in [1.82, 2.24) is 0 Å². The van der Waals surface area contributed by atoms with Gasteiger partial charge in [0.2, 0.25) is 0 Å². The molecule has 2 rings (SSSR count). The lowest BCUT2D eigenvalue weighted by molar-refractivity contribution is -0.385. The number of hydrogen-bond acceptors (Lipinski definition) is 4. The number of hydrogen-bond donors (Lipinski definition) is 1. The molecule has 0 amide bonds. The Balaban J connectivity index is 2.26. The van der Waals surface area contributed by atoms with E-state index in [0.717, 1.165) is 0 Å². The quantitative estimate of drug-likeness (QED) is 0.668. The summed E-state index contributed by atoms with van der Waals surface area (Å²) in [6, 6.07) is 10.7. The third-order valence-electron chi connectivity index (χ3n) is 2.85. The zero-order valence-corrected chi connectivity index (χ0v) is 12.2. The second-order valence-corrected chi connectivity index (χ2v) is 4.93. The molecular formula is C14H9BrFN3O2. The Labute approximate surface area is 128 Å². The summed E-state index contributed by atoms with van der Waals surface area (Å²) in [5.41, 5.74) is 0.848. The molecule has 0 aliphatic carbocycles. The van der Waals surface area contributed by atoms with E-state index in [0.29, 0.717) is 15.7 Å². The largest absolute Gasteiger partial charge is 0.380 e. The van der Waals surface area contributed by atoms with Crippen LogP contribution in [0.1, 0.15) is 11.1 Å². The summed E-state index contributed by atoms with van der Waals surface area (Å²) in [4.78, 5) is 10.4. The zero-order chi connectivity index (χ0) is 15.4. The van der Waals surface area contributed by atoms with Crippen LogP contribution in [0.2, 0.25) is 0 Å². The molecule has 21 heavy (non-hydrogen) atoms. The van der Waals surface area contributed by atoms with Gasteiger partial charge in [0.15, 0.2) is 0 Å². The Morgan fingerprint density at radius 2 is 2.05 bits per heavy atom. The van der Waals surface area contributed by atoms with Crippen molar-refractivity contribution in [1.29, 1.82) is 5.26 Å². The van der Waals surface area contributed by atoms with Crippen LogP contribution >= 0.6 is 15.9 Å². The van der Waals surface area contributed by atoms with Crippen molar-refractivity contribution in [2.24, 2.45) is 0 Å². The zero-order valence-electron chi connectivity index (χ0n) is 10.6. The van der Waals surface area contributed by atoms with Crippen LogP contribution in [0.4, 0.5) is 15.8 Å². The number of halogens is 2. The fraction of sp³-hybridized carbons (Fsp3) is 0.0714.